The summed E-state index contributed by atoms with van der Waals surface area (Å²) in [5.74, 6) is 2.05. The normalized spacial score (nSPS) is 50.2. The zero-order valence-corrected chi connectivity index (χ0v) is 8.49. The first-order valence-corrected chi connectivity index (χ1v) is 5.45. The van der Waals surface area contributed by atoms with Gasteiger partial charge in [0.1, 0.15) is 6.29 Å². The van der Waals surface area contributed by atoms with Crippen molar-refractivity contribution in [1.29, 1.82) is 0 Å². The van der Waals surface area contributed by atoms with Crippen LogP contribution in [0.15, 0.2) is 0 Å². The van der Waals surface area contributed by atoms with Crippen LogP contribution >= 0.6 is 0 Å². The molecule has 0 spiro atoms. The highest BCUT2D eigenvalue weighted by Crippen LogP contribution is 2.39. The van der Waals surface area contributed by atoms with Crippen LogP contribution in [0.1, 0.15) is 33.1 Å². The molecule has 1 heterocycles. The molecule has 5 atom stereocenters. The average molecular weight is 181 g/mol. The molecule has 1 N–H and O–H groups in total. The second-order valence-electron chi connectivity index (χ2n) is 4.79. The number of carbonyl (C=O) groups excluding carboxylic acids is 1. The van der Waals surface area contributed by atoms with Crippen LogP contribution in [0.4, 0.5) is 0 Å². The molecule has 2 heteroatoms. The molecule has 0 amide bonds. The molecule has 2 aliphatic rings. The molecule has 74 valence electrons. The maximum Gasteiger partial charge on any atom is 0.137 e. The van der Waals surface area contributed by atoms with Crippen molar-refractivity contribution < 1.29 is 4.79 Å². The number of hydrogen-bond donors (Lipinski definition) is 1. The fraction of sp³-hybridized carbons (Fsp3) is 0.909. The molecule has 0 bridgehead atoms. The summed E-state index contributed by atoms with van der Waals surface area (Å²) in [6.45, 7) is 4.53. The Morgan fingerprint density at radius 2 is 2.08 bits per heavy atom. The molecule has 0 aromatic heterocycles. The van der Waals surface area contributed by atoms with Crippen molar-refractivity contribution in [3.63, 3.8) is 0 Å². The molecule has 2 nitrogen and oxygen atoms in total. The molecule has 1 aliphatic carbocycles. The van der Waals surface area contributed by atoms with E-state index in [1.165, 1.54) is 19.3 Å². The van der Waals surface area contributed by atoms with Crippen LogP contribution in [0.2, 0.25) is 0 Å². The molecule has 2 rings (SSSR count). The molecule has 2 fully saturated rings. The number of carbonyl (C=O) groups is 1. The molecule has 5 unspecified atom stereocenters. The van der Waals surface area contributed by atoms with E-state index >= 15 is 0 Å². The Morgan fingerprint density at radius 1 is 1.31 bits per heavy atom. The topological polar surface area (TPSA) is 29.1 Å². The fourth-order valence-corrected chi connectivity index (χ4v) is 3.14. The van der Waals surface area contributed by atoms with Crippen molar-refractivity contribution in [2.75, 3.05) is 0 Å². The maximum atomic E-state index is 10.8. The van der Waals surface area contributed by atoms with E-state index in [0.717, 1.165) is 18.1 Å². The Labute approximate surface area is 80.1 Å². The molecule has 1 saturated carbocycles. The van der Waals surface area contributed by atoms with Gasteiger partial charge in [0, 0.05) is 6.04 Å². The van der Waals surface area contributed by atoms with Crippen molar-refractivity contribution in [2.45, 2.75) is 45.2 Å². The van der Waals surface area contributed by atoms with Gasteiger partial charge in [-0.25, -0.2) is 0 Å². The van der Waals surface area contributed by atoms with Gasteiger partial charge in [-0.05, 0) is 30.6 Å². The molecular formula is C11H19NO. The Hall–Kier alpha value is -0.370. The average Bonchev–Trinajstić information content (AvgIpc) is 2.45. The highest BCUT2D eigenvalue weighted by atomic mass is 16.1. The van der Waals surface area contributed by atoms with E-state index in [2.05, 4.69) is 19.2 Å². The smallest absolute Gasteiger partial charge is 0.137 e. The van der Waals surface area contributed by atoms with Crippen LogP contribution in [0.5, 0.6) is 0 Å². The van der Waals surface area contributed by atoms with Gasteiger partial charge in [0.05, 0.1) is 6.04 Å². The van der Waals surface area contributed by atoms with Crippen LogP contribution in [0, 0.1) is 17.8 Å². The van der Waals surface area contributed by atoms with Crippen molar-refractivity contribution in [2.24, 2.45) is 17.8 Å². The minimum Gasteiger partial charge on any atom is -0.304 e. The third-order valence-corrected chi connectivity index (χ3v) is 4.04. The quantitative estimate of drug-likeness (QED) is 0.622. The lowest BCUT2D eigenvalue weighted by molar-refractivity contribution is -0.110. The number of aldehydes is 1. The van der Waals surface area contributed by atoms with Gasteiger partial charge in [-0.2, -0.15) is 0 Å². The standard InChI is InChI=1S/C11H19NO/c1-7-4-3-5-9-8(2)10(6-13)12-11(7)9/h6-12H,3-5H2,1-2H3. The van der Waals surface area contributed by atoms with E-state index in [1.54, 1.807) is 0 Å². The van der Waals surface area contributed by atoms with E-state index in [1.807, 2.05) is 0 Å². The van der Waals surface area contributed by atoms with Crippen molar-refractivity contribution in [1.82, 2.24) is 5.32 Å². The monoisotopic (exact) mass is 181 g/mol. The third-order valence-electron chi connectivity index (χ3n) is 4.04. The van der Waals surface area contributed by atoms with Crippen LogP contribution in [0.3, 0.4) is 0 Å². The SMILES string of the molecule is CC1CCCC2C(C)C(C=O)NC12. The van der Waals surface area contributed by atoms with Gasteiger partial charge in [-0.1, -0.05) is 20.3 Å². The summed E-state index contributed by atoms with van der Waals surface area (Å²) in [4.78, 5) is 10.8. The number of fused-ring (bicyclic) bond motifs is 1. The second-order valence-corrected chi connectivity index (χ2v) is 4.79. The van der Waals surface area contributed by atoms with E-state index in [4.69, 9.17) is 0 Å². The highest BCUT2D eigenvalue weighted by molar-refractivity contribution is 5.59. The van der Waals surface area contributed by atoms with E-state index < -0.39 is 0 Å². The van der Waals surface area contributed by atoms with Gasteiger partial charge in [0.25, 0.3) is 0 Å². The summed E-state index contributed by atoms with van der Waals surface area (Å²) in [7, 11) is 0. The zero-order valence-electron chi connectivity index (χ0n) is 8.49. The largest absolute Gasteiger partial charge is 0.304 e. The minimum absolute atomic E-state index is 0.121. The lowest BCUT2D eigenvalue weighted by Crippen LogP contribution is -2.39. The summed E-state index contributed by atoms with van der Waals surface area (Å²) in [5, 5.41) is 3.47. The summed E-state index contributed by atoms with van der Waals surface area (Å²) in [5.41, 5.74) is 0. The van der Waals surface area contributed by atoms with Crippen LogP contribution in [-0.2, 0) is 4.79 Å². The van der Waals surface area contributed by atoms with Crippen LogP contribution in [0.25, 0.3) is 0 Å². The molecule has 1 aliphatic heterocycles. The summed E-state index contributed by atoms with van der Waals surface area (Å²) >= 11 is 0. The maximum absolute atomic E-state index is 10.8. The van der Waals surface area contributed by atoms with E-state index in [-0.39, 0.29) is 6.04 Å². The minimum atomic E-state index is 0.121. The Bertz CT molecular complexity index is 204. The second kappa shape index (κ2) is 3.41. The molecular weight excluding hydrogens is 162 g/mol. The van der Waals surface area contributed by atoms with E-state index in [0.29, 0.717) is 12.0 Å². The third kappa shape index (κ3) is 1.41. The highest BCUT2D eigenvalue weighted by Gasteiger charge is 2.43. The van der Waals surface area contributed by atoms with Gasteiger partial charge in [0.15, 0.2) is 0 Å². The van der Waals surface area contributed by atoms with Gasteiger partial charge >= 0.3 is 0 Å². The molecule has 0 aromatic rings. The zero-order chi connectivity index (χ0) is 9.42. The van der Waals surface area contributed by atoms with Crippen molar-refractivity contribution in [3.05, 3.63) is 0 Å². The first kappa shape index (κ1) is 9.20. The van der Waals surface area contributed by atoms with Crippen molar-refractivity contribution in [3.8, 4) is 0 Å². The van der Waals surface area contributed by atoms with Gasteiger partial charge in [-0.15, -0.1) is 0 Å². The van der Waals surface area contributed by atoms with Gasteiger partial charge in [0.2, 0.25) is 0 Å². The Kier molecular flexibility index (Phi) is 2.41. The summed E-state index contributed by atoms with van der Waals surface area (Å²) < 4.78 is 0. The summed E-state index contributed by atoms with van der Waals surface area (Å²) in [6, 6.07) is 0.731. The molecule has 13 heavy (non-hydrogen) atoms. The first-order valence-electron chi connectivity index (χ1n) is 5.45. The van der Waals surface area contributed by atoms with Crippen LogP contribution in [-0.4, -0.2) is 18.4 Å². The fourth-order valence-electron chi connectivity index (χ4n) is 3.14. The number of hydrogen-bond acceptors (Lipinski definition) is 2. The van der Waals surface area contributed by atoms with Gasteiger partial charge < -0.3 is 10.1 Å². The van der Waals surface area contributed by atoms with Crippen LogP contribution < -0.4 is 5.32 Å². The van der Waals surface area contributed by atoms with E-state index in [9.17, 15) is 4.79 Å². The molecule has 0 radical (unpaired) electrons. The molecule has 0 aromatic carbocycles. The number of nitrogens with one attached hydrogen (secondary N) is 1. The number of rotatable bonds is 1. The lowest BCUT2D eigenvalue weighted by Gasteiger charge is -2.32. The van der Waals surface area contributed by atoms with Crippen molar-refractivity contribution >= 4 is 6.29 Å². The Balaban J connectivity index is 2.12. The van der Waals surface area contributed by atoms with Gasteiger partial charge in [-0.3, -0.25) is 0 Å². The predicted octanol–water partition coefficient (Wildman–Crippen LogP) is 1.60. The predicted molar refractivity (Wildman–Crippen MR) is 52.4 cm³/mol. The lowest BCUT2D eigenvalue weighted by atomic mass is 9.75. The molecule has 1 saturated heterocycles. The first-order chi connectivity index (χ1) is 6.24. The Morgan fingerprint density at radius 3 is 2.69 bits per heavy atom. The summed E-state index contributed by atoms with van der Waals surface area (Å²) in [6.07, 6.45) is 5.08.